The summed E-state index contributed by atoms with van der Waals surface area (Å²) in [5, 5.41) is 2.21. The normalized spacial score (nSPS) is 10.8. The van der Waals surface area contributed by atoms with Crippen LogP contribution in [-0.4, -0.2) is 15.3 Å². The summed E-state index contributed by atoms with van der Waals surface area (Å²) in [6.45, 7) is 0. The van der Waals surface area contributed by atoms with Gasteiger partial charge in [-0.15, -0.1) is 0 Å². The number of halogens is 3. The molecule has 3 aromatic rings. The maximum absolute atomic E-state index is 13.5. The minimum Gasteiger partial charge on any atom is -0.318 e. The van der Waals surface area contributed by atoms with Crippen molar-refractivity contribution in [1.29, 1.82) is 0 Å². The topological polar surface area (TPSA) is 46.4 Å². The van der Waals surface area contributed by atoms with Gasteiger partial charge in [0.2, 0.25) is 0 Å². The molecule has 0 unspecified atom stereocenters. The van der Waals surface area contributed by atoms with Gasteiger partial charge >= 0.3 is 0 Å². The van der Waals surface area contributed by atoms with Crippen molar-refractivity contribution in [3.63, 3.8) is 0 Å². The Bertz CT molecular complexity index is 845. The van der Waals surface area contributed by atoms with Crippen LogP contribution in [0.25, 0.3) is 5.65 Å². The quantitative estimate of drug-likeness (QED) is 0.738. The standard InChI is InChI=1S/C14H8F3N3O/c15-8-4-5-9(13(17)12(8)16)19-14(21)10-2-1-3-11-18-6-7-20(10)11/h1-7H,(H,19,21). The van der Waals surface area contributed by atoms with Crippen molar-refractivity contribution in [1.82, 2.24) is 9.38 Å². The molecule has 21 heavy (non-hydrogen) atoms. The van der Waals surface area contributed by atoms with E-state index in [1.807, 2.05) is 0 Å². The van der Waals surface area contributed by atoms with Gasteiger partial charge in [0.1, 0.15) is 11.3 Å². The molecule has 1 N–H and O–H groups in total. The van der Waals surface area contributed by atoms with Crippen molar-refractivity contribution in [2.24, 2.45) is 0 Å². The summed E-state index contributed by atoms with van der Waals surface area (Å²) in [5.41, 5.74) is 0.290. The molecule has 2 heterocycles. The average molecular weight is 291 g/mol. The molecule has 0 bridgehead atoms. The molecule has 2 aromatic heterocycles. The Balaban J connectivity index is 1.97. The van der Waals surface area contributed by atoms with Gasteiger partial charge in [0, 0.05) is 12.4 Å². The number of hydrogen-bond donors (Lipinski definition) is 1. The number of amides is 1. The van der Waals surface area contributed by atoms with Crippen LogP contribution in [0.1, 0.15) is 10.5 Å². The Morgan fingerprint density at radius 1 is 1.10 bits per heavy atom. The first-order chi connectivity index (χ1) is 10.1. The second-order valence-corrected chi connectivity index (χ2v) is 4.24. The SMILES string of the molecule is O=C(Nc1ccc(F)c(F)c1F)c1cccc2nccn12. The molecule has 3 rings (SSSR count). The summed E-state index contributed by atoms with van der Waals surface area (Å²) in [6, 6.07) is 6.50. The number of benzene rings is 1. The zero-order valence-corrected chi connectivity index (χ0v) is 10.5. The predicted molar refractivity (Wildman–Crippen MR) is 69.5 cm³/mol. The largest absolute Gasteiger partial charge is 0.318 e. The monoisotopic (exact) mass is 291 g/mol. The summed E-state index contributed by atoms with van der Waals surface area (Å²) < 4.78 is 41.0. The molecule has 7 heteroatoms. The number of nitrogens with zero attached hydrogens (tertiary/aromatic N) is 2. The van der Waals surface area contributed by atoms with E-state index < -0.39 is 29.0 Å². The molecular weight excluding hydrogens is 283 g/mol. The number of anilines is 1. The lowest BCUT2D eigenvalue weighted by atomic mass is 10.2. The summed E-state index contributed by atoms with van der Waals surface area (Å²) in [5.74, 6) is -5.06. The molecule has 0 aliphatic heterocycles. The molecule has 0 aliphatic carbocycles. The second-order valence-electron chi connectivity index (χ2n) is 4.24. The zero-order valence-electron chi connectivity index (χ0n) is 10.5. The highest BCUT2D eigenvalue weighted by molar-refractivity contribution is 6.03. The van der Waals surface area contributed by atoms with Crippen LogP contribution in [0.5, 0.6) is 0 Å². The number of carbonyl (C=O) groups is 1. The third kappa shape index (κ3) is 2.22. The van der Waals surface area contributed by atoms with E-state index in [0.29, 0.717) is 5.65 Å². The number of imidazole rings is 1. The molecule has 0 saturated carbocycles. The maximum atomic E-state index is 13.5. The first-order valence-corrected chi connectivity index (χ1v) is 5.95. The fourth-order valence-corrected chi connectivity index (χ4v) is 1.94. The van der Waals surface area contributed by atoms with E-state index >= 15 is 0 Å². The zero-order chi connectivity index (χ0) is 15.0. The molecule has 0 aliphatic rings. The Morgan fingerprint density at radius 3 is 2.71 bits per heavy atom. The molecule has 1 amide bonds. The number of fused-ring (bicyclic) bond motifs is 1. The van der Waals surface area contributed by atoms with Gasteiger partial charge in [0.25, 0.3) is 5.91 Å². The van der Waals surface area contributed by atoms with Gasteiger partial charge in [0.15, 0.2) is 17.5 Å². The van der Waals surface area contributed by atoms with E-state index in [-0.39, 0.29) is 5.69 Å². The van der Waals surface area contributed by atoms with Crippen LogP contribution in [0.3, 0.4) is 0 Å². The summed E-state index contributed by atoms with van der Waals surface area (Å²) in [7, 11) is 0. The smallest absolute Gasteiger partial charge is 0.272 e. The highest BCUT2D eigenvalue weighted by atomic mass is 19.2. The third-order valence-electron chi connectivity index (χ3n) is 2.94. The highest BCUT2D eigenvalue weighted by Crippen LogP contribution is 2.20. The van der Waals surface area contributed by atoms with Crippen LogP contribution in [0.15, 0.2) is 42.7 Å². The van der Waals surface area contributed by atoms with Gasteiger partial charge in [-0.3, -0.25) is 9.20 Å². The molecule has 106 valence electrons. The fourth-order valence-electron chi connectivity index (χ4n) is 1.94. The molecular formula is C14H8F3N3O. The van der Waals surface area contributed by atoms with Crippen molar-refractivity contribution in [3.8, 4) is 0 Å². The van der Waals surface area contributed by atoms with E-state index in [4.69, 9.17) is 0 Å². The van der Waals surface area contributed by atoms with Crippen molar-refractivity contribution in [2.75, 3.05) is 5.32 Å². The van der Waals surface area contributed by atoms with Crippen LogP contribution in [0.2, 0.25) is 0 Å². The Hall–Kier alpha value is -2.83. The number of hydrogen-bond acceptors (Lipinski definition) is 2. The molecule has 0 spiro atoms. The lowest BCUT2D eigenvalue weighted by Gasteiger charge is -2.08. The Morgan fingerprint density at radius 2 is 1.90 bits per heavy atom. The number of carbonyl (C=O) groups excluding carboxylic acids is 1. The summed E-state index contributed by atoms with van der Waals surface area (Å²) >= 11 is 0. The number of aromatic nitrogens is 2. The van der Waals surface area contributed by atoms with Crippen LogP contribution in [-0.2, 0) is 0 Å². The minimum atomic E-state index is -1.63. The third-order valence-corrected chi connectivity index (χ3v) is 2.94. The van der Waals surface area contributed by atoms with Gasteiger partial charge < -0.3 is 5.32 Å². The van der Waals surface area contributed by atoms with Crippen molar-refractivity contribution in [3.05, 3.63) is 65.9 Å². The van der Waals surface area contributed by atoms with E-state index in [9.17, 15) is 18.0 Å². The molecule has 1 aromatic carbocycles. The molecule has 0 atom stereocenters. The molecule has 0 fully saturated rings. The molecule has 0 radical (unpaired) electrons. The average Bonchev–Trinajstić information content (AvgIpc) is 2.96. The summed E-state index contributed by atoms with van der Waals surface area (Å²) in [4.78, 5) is 16.1. The van der Waals surface area contributed by atoms with E-state index in [1.165, 1.54) is 16.7 Å². The fraction of sp³-hybridized carbons (Fsp3) is 0. The lowest BCUT2D eigenvalue weighted by molar-refractivity contribution is 0.102. The first kappa shape index (κ1) is 13.2. The van der Waals surface area contributed by atoms with E-state index in [1.54, 1.807) is 18.3 Å². The van der Waals surface area contributed by atoms with Crippen molar-refractivity contribution < 1.29 is 18.0 Å². The van der Waals surface area contributed by atoms with Gasteiger partial charge in [-0.25, -0.2) is 18.2 Å². The second kappa shape index (κ2) is 4.93. The van der Waals surface area contributed by atoms with Crippen LogP contribution in [0.4, 0.5) is 18.9 Å². The highest BCUT2D eigenvalue weighted by Gasteiger charge is 2.17. The van der Waals surface area contributed by atoms with Crippen LogP contribution in [0, 0.1) is 17.5 Å². The van der Waals surface area contributed by atoms with Gasteiger partial charge in [-0.05, 0) is 24.3 Å². The number of rotatable bonds is 2. The number of pyridine rings is 1. The van der Waals surface area contributed by atoms with Crippen LogP contribution < -0.4 is 5.32 Å². The Kier molecular flexibility index (Phi) is 3.09. The lowest BCUT2D eigenvalue weighted by Crippen LogP contribution is -2.17. The van der Waals surface area contributed by atoms with E-state index in [2.05, 4.69) is 10.3 Å². The van der Waals surface area contributed by atoms with Crippen molar-refractivity contribution >= 4 is 17.2 Å². The minimum absolute atomic E-state index is 0.189. The molecule has 0 saturated heterocycles. The predicted octanol–water partition coefficient (Wildman–Crippen LogP) is 3.00. The number of nitrogens with one attached hydrogen (secondary N) is 1. The Labute approximate surface area is 116 Å². The van der Waals surface area contributed by atoms with Gasteiger partial charge in [0.05, 0.1) is 5.69 Å². The van der Waals surface area contributed by atoms with Gasteiger partial charge in [-0.2, -0.15) is 0 Å². The van der Waals surface area contributed by atoms with Crippen molar-refractivity contribution in [2.45, 2.75) is 0 Å². The summed E-state index contributed by atoms with van der Waals surface area (Å²) in [6.07, 6.45) is 3.07. The van der Waals surface area contributed by atoms with E-state index in [0.717, 1.165) is 12.1 Å². The van der Waals surface area contributed by atoms with Crippen LogP contribution >= 0.6 is 0 Å². The first-order valence-electron chi connectivity index (χ1n) is 5.95. The molecule has 4 nitrogen and oxygen atoms in total. The van der Waals surface area contributed by atoms with Gasteiger partial charge in [-0.1, -0.05) is 6.07 Å². The maximum Gasteiger partial charge on any atom is 0.272 e.